The first-order valence-electron chi connectivity index (χ1n) is 7.16. The van der Waals surface area contributed by atoms with Gasteiger partial charge in [-0.1, -0.05) is 29.3 Å². The Morgan fingerprint density at radius 2 is 1.58 bits per heavy atom. The van der Waals surface area contributed by atoms with E-state index in [1.54, 1.807) is 54.7 Å². The van der Waals surface area contributed by atoms with Crippen molar-refractivity contribution in [3.8, 4) is 0 Å². The van der Waals surface area contributed by atoms with E-state index in [9.17, 15) is 4.79 Å². The summed E-state index contributed by atoms with van der Waals surface area (Å²) in [6, 6.07) is 17.7. The van der Waals surface area contributed by atoms with Gasteiger partial charge in [0, 0.05) is 21.4 Å². The molecule has 0 fully saturated rings. The van der Waals surface area contributed by atoms with E-state index in [1.807, 2.05) is 12.1 Å². The third-order valence-electron chi connectivity index (χ3n) is 3.21. The Labute approximate surface area is 149 Å². The van der Waals surface area contributed by atoms with Crippen molar-refractivity contribution in [3.63, 3.8) is 0 Å². The van der Waals surface area contributed by atoms with E-state index in [1.165, 1.54) is 0 Å². The van der Waals surface area contributed by atoms with Gasteiger partial charge in [0.2, 0.25) is 0 Å². The maximum Gasteiger partial charge on any atom is 0.274 e. The van der Waals surface area contributed by atoms with Gasteiger partial charge in [-0.25, -0.2) is 4.98 Å². The number of hydrogen-bond acceptors (Lipinski definition) is 3. The molecule has 0 aliphatic carbocycles. The fourth-order valence-corrected chi connectivity index (χ4v) is 2.38. The summed E-state index contributed by atoms with van der Waals surface area (Å²) in [5.41, 5.74) is 2.60. The molecule has 0 spiro atoms. The average Bonchev–Trinajstić information content (AvgIpc) is 2.57. The molecule has 0 atom stereocenters. The Kier molecular flexibility index (Phi) is 4.99. The molecule has 3 rings (SSSR count). The van der Waals surface area contributed by atoms with E-state index in [4.69, 9.17) is 23.2 Å². The first-order valence-corrected chi connectivity index (χ1v) is 7.91. The lowest BCUT2D eigenvalue weighted by Crippen LogP contribution is -2.13. The molecule has 1 amide bonds. The van der Waals surface area contributed by atoms with Gasteiger partial charge >= 0.3 is 0 Å². The number of amides is 1. The highest BCUT2D eigenvalue weighted by Crippen LogP contribution is 2.19. The first-order chi connectivity index (χ1) is 11.6. The number of carbonyl (C=O) groups excluding carboxylic acids is 1. The SMILES string of the molecule is O=C(Nc1cccc(Cl)c1)c1ccc(Nc2ccc(Cl)cc2)cn1. The highest BCUT2D eigenvalue weighted by molar-refractivity contribution is 6.31. The van der Waals surface area contributed by atoms with Gasteiger partial charge in [-0.15, -0.1) is 0 Å². The normalized spacial score (nSPS) is 10.2. The van der Waals surface area contributed by atoms with Gasteiger partial charge in [-0.2, -0.15) is 0 Å². The number of nitrogens with zero attached hydrogens (tertiary/aromatic N) is 1. The number of aromatic nitrogens is 1. The molecule has 2 aromatic carbocycles. The van der Waals surface area contributed by atoms with Crippen molar-refractivity contribution in [1.29, 1.82) is 0 Å². The van der Waals surface area contributed by atoms with E-state index in [2.05, 4.69) is 15.6 Å². The van der Waals surface area contributed by atoms with Crippen LogP contribution in [0.2, 0.25) is 10.0 Å². The van der Waals surface area contributed by atoms with E-state index < -0.39 is 0 Å². The van der Waals surface area contributed by atoms with Crippen LogP contribution in [0.25, 0.3) is 0 Å². The first kappa shape index (κ1) is 16.3. The molecular weight excluding hydrogens is 345 g/mol. The molecule has 0 saturated carbocycles. The van der Waals surface area contributed by atoms with E-state index in [0.29, 0.717) is 21.4 Å². The molecule has 2 N–H and O–H groups in total. The fourth-order valence-electron chi connectivity index (χ4n) is 2.06. The quantitative estimate of drug-likeness (QED) is 0.658. The third kappa shape index (κ3) is 4.25. The Balaban J connectivity index is 1.67. The van der Waals surface area contributed by atoms with Crippen molar-refractivity contribution >= 4 is 46.2 Å². The summed E-state index contributed by atoms with van der Waals surface area (Å²) in [6.45, 7) is 0. The molecule has 24 heavy (non-hydrogen) atoms. The lowest BCUT2D eigenvalue weighted by Gasteiger charge is -2.08. The number of halogens is 2. The average molecular weight is 358 g/mol. The summed E-state index contributed by atoms with van der Waals surface area (Å²) in [7, 11) is 0. The summed E-state index contributed by atoms with van der Waals surface area (Å²) in [6.07, 6.45) is 1.60. The molecule has 0 aliphatic rings. The monoisotopic (exact) mass is 357 g/mol. The molecular formula is C18H13Cl2N3O. The number of nitrogens with one attached hydrogen (secondary N) is 2. The second-order valence-corrected chi connectivity index (χ2v) is 5.90. The van der Waals surface area contributed by atoms with Gasteiger partial charge in [0.25, 0.3) is 5.91 Å². The minimum atomic E-state index is -0.296. The van der Waals surface area contributed by atoms with Gasteiger partial charge < -0.3 is 10.6 Å². The van der Waals surface area contributed by atoms with Crippen LogP contribution in [0.15, 0.2) is 66.9 Å². The number of anilines is 3. The van der Waals surface area contributed by atoms with Crippen LogP contribution in [0, 0.1) is 0 Å². The number of rotatable bonds is 4. The summed E-state index contributed by atoms with van der Waals surface area (Å²) >= 11 is 11.8. The Morgan fingerprint density at radius 3 is 2.25 bits per heavy atom. The van der Waals surface area contributed by atoms with Crippen LogP contribution in [0.4, 0.5) is 17.1 Å². The summed E-state index contributed by atoms with van der Waals surface area (Å²) in [5.74, 6) is -0.296. The van der Waals surface area contributed by atoms with Crippen molar-refractivity contribution in [3.05, 3.63) is 82.6 Å². The molecule has 0 radical (unpaired) electrons. The molecule has 6 heteroatoms. The standard InChI is InChI=1S/C18H13Cl2N3O/c19-12-4-6-14(7-5-12)22-16-8-9-17(21-11-16)18(24)23-15-3-1-2-13(20)10-15/h1-11,22H,(H,23,24). The van der Waals surface area contributed by atoms with Gasteiger partial charge in [0.1, 0.15) is 5.69 Å². The van der Waals surface area contributed by atoms with Crippen molar-refractivity contribution in [2.45, 2.75) is 0 Å². The fraction of sp³-hybridized carbons (Fsp3) is 0. The maximum atomic E-state index is 12.2. The zero-order valence-electron chi connectivity index (χ0n) is 12.5. The Bertz CT molecular complexity index is 849. The smallest absolute Gasteiger partial charge is 0.274 e. The van der Waals surface area contributed by atoms with Crippen LogP contribution in [-0.4, -0.2) is 10.9 Å². The second-order valence-electron chi connectivity index (χ2n) is 5.03. The number of benzene rings is 2. The van der Waals surface area contributed by atoms with E-state index in [0.717, 1.165) is 11.4 Å². The number of hydrogen-bond donors (Lipinski definition) is 2. The summed E-state index contributed by atoms with van der Waals surface area (Å²) < 4.78 is 0. The van der Waals surface area contributed by atoms with Gasteiger partial charge in [-0.05, 0) is 54.6 Å². The highest BCUT2D eigenvalue weighted by Gasteiger charge is 2.08. The molecule has 4 nitrogen and oxygen atoms in total. The van der Waals surface area contributed by atoms with Crippen molar-refractivity contribution in [1.82, 2.24) is 4.98 Å². The number of pyridine rings is 1. The highest BCUT2D eigenvalue weighted by atomic mass is 35.5. The Morgan fingerprint density at radius 1 is 0.833 bits per heavy atom. The van der Waals surface area contributed by atoms with Crippen LogP contribution in [0.3, 0.4) is 0 Å². The van der Waals surface area contributed by atoms with Gasteiger partial charge in [0.05, 0.1) is 11.9 Å². The zero-order valence-corrected chi connectivity index (χ0v) is 14.0. The van der Waals surface area contributed by atoms with Crippen LogP contribution >= 0.6 is 23.2 Å². The van der Waals surface area contributed by atoms with Crippen LogP contribution in [0.5, 0.6) is 0 Å². The van der Waals surface area contributed by atoms with Crippen LogP contribution < -0.4 is 10.6 Å². The summed E-state index contributed by atoms with van der Waals surface area (Å²) in [5, 5.41) is 7.17. The molecule has 0 bridgehead atoms. The Hall–Kier alpha value is -2.56. The molecule has 1 heterocycles. The predicted molar refractivity (Wildman–Crippen MR) is 98.4 cm³/mol. The minimum absolute atomic E-state index is 0.296. The molecule has 0 aliphatic heterocycles. The molecule has 0 unspecified atom stereocenters. The molecule has 0 saturated heterocycles. The number of carbonyl (C=O) groups is 1. The largest absolute Gasteiger partial charge is 0.354 e. The van der Waals surface area contributed by atoms with Crippen molar-refractivity contribution in [2.75, 3.05) is 10.6 Å². The van der Waals surface area contributed by atoms with Crippen LogP contribution in [0.1, 0.15) is 10.5 Å². The molecule has 1 aromatic heterocycles. The van der Waals surface area contributed by atoms with E-state index in [-0.39, 0.29) is 5.91 Å². The lowest BCUT2D eigenvalue weighted by molar-refractivity contribution is 0.102. The summed E-state index contributed by atoms with van der Waals surface area (Å²) in [4.78, 5) is 16.4. The van der Waals surface area contributed by atoms with Crippen LogP contribution in [-0.2, 0) is 0 Å². The van der Waals surface area contributed by atoms with Crippen molar-refractivity contribution < 1.29 is 4.79 Å². The second kappa shape index (κ2) is 7.34. The predicted octanol–water partition coefficient (Wildman–Crippen LogP) is 5.38. The van der Waals surface area contributed by atoms with Gasteiger partial charge in [0.15, 0.2) is 0 Å². The minimum Gasteiger partial charge on any atom is -0.354 e. The molecule has 3 aromatic rings. The topological polar surface area (TPSA) is 54.0 Å². The zero-order chi connectivity index (χ0) is 16.9. The third-order valence-corrected chi connectivity index (χ3v) is 3.70. The van der Waals surface area contributed by atoms with Crippen molar-refractivity contribution in [2.24, 2.45) is 0 Å². The van der Waals surface area contributed by atoms with E-state index >= 15 is 0 Å². The lowest BCUT2D eigenvalue weighted by atomic mass is 10.2. The maximum absolute atomic E-state index is 12.2. The van der Waals surface area contributed by atoms with Gasteiger partial charge in [-0.3, -0.25) is 4.79 Å². The molecule has 120 valence electrons.